The number of thioether (sulfide) groups is 1. The Labute approximate surface area is 199 Å². The molecule has 2 fully saturated rings. The highest BCUT2D eigenvalue weighted by Gasteiger charge is 2.51. The van der Waals surface area contributed by atoms with Gasteiger partial charge >= 0.3 is 6.03 Å². The molecule has 1 N–H and O–H groups in total. The number of amides is 4. The Morgan fingerprint density at radius 1 is 1.21 bits per heavy atom. The summed E-state index contributed by atoms with van der Waals surface area (Å²) in [6.45, 7) is 5.34. The van der Waals surface area contributed by atoms with Crippen LogP contribution in [0.3, 0.4) is 0 Å². The molecule has 9 heteroatoms. The second kappa shape index (κ2) is 10.2. The van der Waals surface area contributed by atoms with E-state index in [2.05, 4.69) is 16.8 Å². The maximum Gasteiger partial charge on any atom is 0.334 e. The standard InChI is InChI=1S/C24H33N5O3S/c1-17(2)22-23(31)27(12-11-19-10-7-13-33-19)15-20-28(22)21(30)16-26(3)29(20)24(32)25-14-18-8-5-4-6-9-18/h4-9,13,17,19-20,22H,10-12,14-16H2,1-3H3,(H,25,32)/t19?,20-,22-/m0/s1. The second-order valence-corrected chi connectivity index (χ2v) is 10.4. The van der Waals surface area contributed by atoms with Crippen molar-refractivity contribution >= 4 is 29.6 Å². The molecule has 2 saturated heterocycles. The van der Waals surface area contributed by atoms with Gasteiger partial charge in [0, 0.05) is 25.4 Å². The Kier molecular flexibility index (Phi) is 7.29. The predicted molar refractivity (Wildman–Crippen MR) is 129 cm³/mol. The number of carbonyl (C=O) groups is 3. The van der Waals surface area contributed by atoms with Gasteiger partial charge in [0.05, 0.1) is 13.1 Å². The van der Waals surface area contributed by atoms with Crippen LogP contribution in [-0.4, -0.2) is 81.8 Å². The number of nitrogens with one attached hydrogen (secondary N) is 1. The van der Waals surface area contributed by atoms with Gasteiger partial charge in [-0.1, -0.05) is 50.3 Å². The number of nitrogens with zero attached hydrogens (tertiary/aromatic N) is 4. The number of hydrogen-bond donors (Lipinski definition) is 1. The number of likely N-dealkylation sites (N-methyl/N-ethyl adjacent to an activating group) is 1. The quantitative estimate of drug-likeness (QED) is 0.690. The van der Waals surface area contributed by atoms with Crippen molar-refractivity contribution in [1.82, 2.24) is 25.1 Å². The van der Waals surface area contributed by atoms with Gasteiger partial charge in [0.25, 0.3) is 0 Å². The summed E-state index contributed by atoms with van der Waals surface area (Å²) in [6.07, 6.45) is 3.56. The lowest BCUT2D eigenvalue weighted by Crippen LogP contribution is -2.76. The maximum atomic E-state index is 13.4. The molecule has 0 aliphatic carbocycles. The molecule has 0 spiro atoms. The van der Waals surface area contributed by atoms with Crippen LogP contribution in [0.25, 0.3) is 0 Å². The maximum absolute atomic E-state index is 13.4. The van der Waals surface area contributed by atoms with E-state index in [4.69, 9.17) is 0 Å². The fourth-order valence-corrected chi connectivity index (χ4v) is 5.74. The molecule has 0 aromatic heterocycles. The monoisotopic (exact) mass is 471 g/mol. The molecule has 1 unspecified atom stereocenters. The normalized spacial score (nSPS) is 25.7. The van der Waals surface area contributed by atoms with Crippen molar-refractivity contribution in [2.45, 2.75) is 50.7 Å². The first-order chi connectivity index (χ1) is 15.9. The summed E-state index contributed by atoms with van der Waals surface area (Å²) in [7, 11) is 1.75. The van der Waals surface area contributed by atoms with Gasteiger partial charge in [-0.2, -0.15) is 0 Å². The van der Waals surface area contributed by atoms with Crippen molar-refractivity contribution in [3.8, 4) is 0 Å². The third-order valence-corrected chi connectivity index (χ3v) is 7.65. The topological polar surface area (TPSA) is 76.2 Å². The van der Waals surface area contributed by atoms with E-state index in [1.807, 2.05) is 49.1 Å². The zero-order chi connectivity index (χ0) is 23.5. The SMILES string of the molecule is CC(C)[C@H]1C(=O)N(CCC2CC=CS2)C[C@H]2N1C(=O)CN(C)N2C(=O)NCc1ccccc1. The second-order valence-electron chi connectivity index (χ2n) is 9.21. The summed E-state index contributed by atoms with van der Waals surface area (Å²) in [6, 6.07) is 8.90. The molecular formula is C24H33N5O3S. The number of rotatable bonds is 6. The molecule has 3 atom stereocenters. The molecule has 1 aromatic rings. The minimum absolute atomic E-state index is 0.0141. The molecule has 3 aliphatic heterocycles. The molecule has 8 nitrogen and oxygen atoms in total. The number of allylic oxidation sites excluding steroid dienone is 1. The van der Waals surface area contributed by atoms with Gasteiger partial charge in [0.1, 0.15) is 12.2 Å². The van der Waals surface area contributed by atoms with Crippen LogP contribution in [0.15, 0.2) is 41.8 Å². The molecule has 0 bridgehead atoms. The number of hydrazine groups is 1. The summed E-state index contributed by atoms with van der Waals surface area (Å²) < 4.78 is 0. The lowest BCUT2D eigenvalue weighted by Gasteiger charge is -2.55. The van der Waals surface area contributed by atoms with E-state index in [-0.39, 0.29) is 30.3 Å². The summed E-state index contributed by atoms with van der Waals surface area (Å²) in [4.78, 5) is 43.3. The Hall–Kier alpha value is -2.52. The molecule has 33 heavy (non-hydrogen) atoms. The summed E-state index contributed by atoms with van der Waals surface area (Å²) in [5.41, 5.74) is 1.00. The van der Waals surface area contributed by atoms with E-state index in [1.165, 1.54) is 0 Å². The summed E-state index contributed by atoms with van der Waals surface area (Å²) in [5, 5.41) is 8.88. The third-order valence-electron chi connectivity index (χ3n) is 6.48. The van der Waals surface area contributed by atoms with E-state index in [1.54, 1.807) is 33.7 Å². The van der Waals surface area contributed by atoms with Crippen LogP contribution < -0.4 is 5.32 Å². The van der Waals surface area contributed by atoms with Crippen molar-refractivity contribution in [2.75, 3.05) is 26.7 Å². The fraction of sp³-hybridized carbons (Fsp3) is 0.542. The van der Waals surface area contributed by atoms with Crippen LogP contribution in [0, 0.1) is 5.92 Å². The highest BCUT2D eigenvalue weighted by Crippen LogP contribution is 2.31. The van der Waals surface area contributed by atoms with E-state index >= 15 is 0 Å². The molecule has 0 radical (unpaired) electrons. The van der Waals surface area contributed by atoms with Crippen molar-refractivity contribution in [2.24, 2.45) is 5.92 Å². The van der Waals surface area contributed by atoms with E-state index in [0.29, 0.717) is 24.9 Å². The molecule has 3 aliphatic rings. The first-order valence-electron chi connectivity index (χ1n) is 11.6. The number of carbonyl (C=O) groups excluding carboxylic acids is 3. The van der Waals surface area contributed by atoms with Crippen molar-refractivity contribution in [3.05, 3.63) is 47.4 Å². The van der Waals surface area contributed by atoms with E-state index in [0.717, 1.165) is 18.4 Å². The van der Waals surface area contributed by atoms with Gasteiger partial charge in [0.2, 0.25) is 11.8 Å². The predicted octanol–water partition coefficient (Wildman–Crippen LogP) is 2.49. The Morgan fingerprint density at radius 3 is 2.64 bits per heavy atom. The van der Waals surface area contributed by atoms with Crippen LogP contribution >= 0.6 is 11.8 Å². The molecule has 3 heterocycles. The summed E-state index contributed by atoms with van der Waals surface area (Å²) >= 11 is 1.81. The van der Waals surface area contributed by atoms with Crippen LogP contribution in [0.1, 0.15) is 32.3 Å². The van der Waals surface area contributed by atoms with Crippen molar-refractivity contribution in [3.63, 3.8) is 0 Å². The number of piperazine rings is 1. The average molecular weight is 472 g/mol. The lowest BCUT2D eigenvalue weighted by molar-refractivity contribution is -0.189. The number of benzene rings is 1. The van der Waals surface area contributed by atoms with Gasteiger partial charge in [-0.15, -0.1) is 11.8 Å². The highest BCUT2D eigenvalue weighted by atomic mass is 32.2. The Morgan fingerprint density at radius 2 is 1.97 bits per heavy atom. The largest absolute Gasteiger partial charge is 0.337 e. The molecule has 0 saturated carbocycles. The number of urea groups is 1. The summed E-state index contributed by atoms with van der Waals surface area (Å²) in [5.74, 6) is -0.177. The van der Waals surface area contributed by atoms with Gasteiger partial charge in [-0.05, 0) is 29.7 Å². The number of fused-ring (bicyclic) bond motifs is 1. The zero-order valence-electron chi connectivity index (χ0n) is 19.5. The molecule has 1 aromatic carbocycles. The zero-order valence-corrected chi connectivity index (χ0v) is 20.3. The first-order valence-corrected chi connectivity index (χ1v) is 12.5. The highest BCUT2D eigenvalue weighted by molar-refractivity contribution is 8.03. The van der Waals surface area contributed by atoms with Gasteiger partial charge in [-0.25, -0.2) is 14.8 Å². The third kappa shape index (κ3) is 5.04. The van der Waals surface area contributed by atoms with E-state index < -0.39 is 12.2 Å². The van der Waals surface area contributed by atoms with E-state index in [9.17, 15) is 14.4 Å². The van der Waals surface area contributed by atoms with Crippen molar-refractivity contribution < 1.29 is 14.4 Å². The van der Waals surface area contributed by atoms with Gasteiger partial charge < -0.3 is 15.1 Å². The Balaban J connectivity index is 1.53. The smallest absolute Gasteiger partial charge is 0.334 e. The number of hydrogen-bond acceptors (Lipinski definition) is 5. The van der Waals surface area contributed by atoms with Crippen LogP contribution in [0.2, 0.25) is 0 Å². The van der Waals surface area contributed by atoms with Crippen LogP contribution in [-0.2, 0) is 16.1 Å². The molecule has 4 rings (SSSR count). The minimum atomic E-state index is -0.566. The van der Waals surface area contributed by atoms with Crippen LogP contribution in [0.5, 0.6) is 0 Å². The van der Waals surface area contributed by atoms with Crippen LogP contribution in [0.4, 0.5) is 4.79 Å². The van der Waals surface area contributed by atoms with Gasteiger partial charge in [-0.3, -0.25) is 9.59 Å². The van der Waals surface area contributed by atoms with Crippen molar-refractivity contribution in [1.29, 1.82) is 0 Å². The molecular weight excluding hydrogens is 438 g/mol. The molecule has 178 valence electrons. The molecule has 4 amide bonds. The fourth-order valence-electron chi connectivity index (χ4n) is 4.83. The van der Waals surface area contributed by atoms with Gasteiger partial charge in [0.15, 0.2) is 0 Å². The Bertz CT molecular complexity index is 901. The first kappa shape index (κ1) is 23.6. The minimum Gasteiger partial charge on any atom is -0.337 e. The average Bonchev–Trinajstić information content (AvgIpc) is 3.31. The lowest BCUT2D eigenvalue weighted by atomic mass is 9.96.